The Bertz CT molecular complexity index is 626. The number of rotatable bonds is 3. The molecule has 1 aromatic rings. The van der Waals surface area contributed by atoms with Crippen molar-refractivity contribution in [3.63, 3.8) is 0 Å². The molecule has 1 N–H and O–H groups in total. The van der Waals surface area contributed by atoms with Gasteiger partial charge in [0.1, 0.15) is 5.75 Å². The average molecular weight is 322 g/mol. The van der Waals surface area contributed by atoms with Crippen molar-refractivity contribution in [2.24, 2.45) is 0 Å². The molecule has 23 heavy (non-hydrogen) atoms. The van der Waals surface area contributed by atoms with Crippen LogP contribution >= 0.6 is 0 Å². The summed E-state index contributed by atoms with van der Waals surface area (Å²) in [4.78, 5) is 37.1. The van der Waals surface area contributed by atoms with Gasteiger partial charge in [-0.1, -0.05) is 0 Å². The van der Waals surface area contributed by atoms with E-state index in [1.807, 2.05) is 0 Å². The van der Waals surface area contributed by atoms with Gasteiger partial charge in [0.05, 0.1) is 17.7 Å². The van der Waals surface area contributed by atoms with E-state index in [1.54, 1.807) is 9.80 Å². The van der Waals surface area contributed by atoms with E-state index in [9.17, 15) is 19.7 Å². The molecule has 9 heteroatoms. The molecule has 0 aromatic heterocycles. The number of nitrogens with zero attached hydrogens (tertiary/aromatic N) is 3. The maximum atomic E-state index is 12.3. The summed E-state index contributed by atoms with van der Waals surface area (Å²) in [5, 5.41) is 13.5. The van der Waals surface area contributed by atoms with Crippen LogP contribution in [0.4, 0.5) is 16.2 Å². The van der Waals surface area contributed by atoms with Crippen LogP contribution in [0, 0.1) is 10.1 Å². The molecular formula is C14H18N4O5. The Balaban J connectivity index is 2.07. The normalized spacial score (nSPS) is 14.3. The number of urea groups is 1. The number of piperazine rings is 1. The van der Waals surface area contributed by atoms with Gasteiger partial charge in [-0.05, 0) is 6.07 Å². The predicted octanol–water partition coefficient (Wildman–Crippen LogP) is 1.30. The minimum Gasteiger partial charge on any atom is -0.495 e. The van der Waals surface area contributed by atoms with Crippen molar-refractivity contribution < 1.29 is 19.2 Å². The first-order valence-electron chi connectivity index (χ1n) is 7.06. The molecule has 1 saturated heterocycles. The minimum atomic E-state index is -0.541. The van der Waals surface area contributed by atoms with Crippen molar-refractivity contribution in [1.82, 2.24) is 9.80 Å². The van der Waals surface area contributed by atoms with Crippen LogP contribution in [-0.4, -0.2) is 60.0 Å². The Morgan fingerprint density at radius 1 is 1.22 bits per heavy atom. The highest BCUT2D eigenvalue weighted by atomic mass is 16.6. The van der Waals surface area contributed by atoms with E-state index in [-0.39, 0.29) is 23.3 Å². The molecule has 0 atom stereocenters. The number of non-ortho nitro benzene ring substituents is 1. The lowest BCUT2D eigenvalue weighted by atomic mass is 10.2. The topological polar surface area (TPSA) is 105 Å². The summed E-state index contributed by atoms with van der Waals surface area (Å²) in [5.74, 6) is 0.316. The van der Waals surface area contributed by atoms with Crippen molar-refractivity contribution in [2.75, 3.05) is 38.6 Å². The molecule has 1 heterocycles. The number of nitro benzene ring substituents is 1. The van der Waals surface area contributed by atoms with Crippen LogP contribution in [0.5, 0.6) is 5.75 Å². The van der Waals surface area contributed by atoms with E-state index in [1.165, 1.54) is 32.2 Å². The van der Waals surface area contributed by atoms with Gasteiger partial charge in [0.2, 0.25) is 5.91 Å². The molecule has 0 saturated carbocycles. The van der Waals surface area contributed by atoms with Crippen molar-refractivity contribution in [3.05, 3.63) is 28.3 Å². The zero-order chi connectivity index (χ0) is 17.0. The number of benzene rings is 1. The van der Waals surface area contributed by atoms with E-state index >= 15 is 0 Å². The van der Waals surface area contributed by atoms with Crippen LogP contribution in [0.25, 0.3) is 0 Å². The first-order chi connectivity index (χ1) is 10.9. The summed E-state index contributed by atoms with van der Waals surface area (Å²) in [5.41, 5.74) is 0.100. The van der Waals surface area contributed by atoms with Gasteiger partial charge in [0.15, 0.2) is 0 Å². The number of nitro groups is 1. The monoisotopic (exact) mass is 322 g/mol. The van der Waals surface area contributed by atoms with Crippen molar-refractivity contribution in [3.8, 4) is 5.75 Å². The number of methoxy groups -OCH3 is 1. The fourth-order valence-corrected chi connectivity index (χ4v) is 2.33. The second-order valence-corrected chi connectivity index (χ2v) is 5.06. The molecule has 1 aliphatic rings. The first kappa shape index (κ1) is 16.5. The van der Waals surface area contributed by atoms with Crippen LogP contribution < -0.4 is 10.1 Å². The molecule has 0 unspecified atom stereocenters. The van der Waals surface area contributed by atoms with Gasteiger partial charge >= 0.3 is 6.03 Å². The lowest BCUT2D eigenvalue weighted by molar-refractivity contribution is -0.384. The molecule has 2 rings (SSSR count). The summed E-state index contributed by atoms with van der Waals surface area (Å²) >= 11 is 0. The van der Waals surface area contributed by atoms with Gasteiger partial charge in [0.25, 0.3) is 5.69 Å². The fourth-order valence-electron chi connectivity index (χ4n) is 2.33. The molecule has 0 bridgehead atoms. The Labute approximate surface area is 133 Å². The third-order valence-corrected chi connectivity index (χ3v) is 3.65. The summed E-state index contributed by atoms with van der Waals surface area (Å²) in [6, 6.07) is 3.61. The number of ether oxygens (including phenoxy) is 1. The predicted molar refractivity (Wildman–Crippen MR) is 82.5 cm³/mol. The third kappa shape index (κ3) is 3.87. The van der Waals surface area contributed by atoms with Crippen LogP contribution in [0.2, 0.25) is 0 Å². The van der Waals surface area contributed by atoms with Gasteiger partial charge in [-0.25, -0.2) is 4.79 Å². The highest BCUT2D eigenvalue weighted by Gasteiger charge is 2.23. The summed E-state index contributed by atoms with van der Waals surface area (Å²) in [6.45, 7) is 3.23. The van der Waals surface area contributed by atoms with E-state index < -0.39 is 4.92 Å². The number of carbonyl (C=O) groups excluding carboxylic acids is 2. The molecule has 1 aliphatic heterocycles. The van der Waals surface area contributed by atoms with Crippen molar-refractivity contribution >= 4 is 23.3 Å². The summed E-state index contributed by atoms with van der Waals surface area (Å²) < 4.78 is 5.11. The van der Waals surface area contributed by atoms with E-state index in [4.69, 9.17) is 4.74 Å². The van der Waals surface area contributed by atoms with Crippen LogP contribution in [0.15, 0.2) is 18.2 Å². The number of hydrogen-bond donors (Lipinski definition) is 1. The molecule has 3 amide bonds. The van der Waals surface area contributed by atoms with Gasteiger partial charge in [-0.15, -0.1) is 0 Å². The quantitative estimate of drug-likeness (QED) is 0.667. The number of hydrogen-bond acceptors (Lipinski definition) is 5. The SMILES string of the molecule is COc1ccc([N+](=O)[O-])cc1NC(=O)N1CCN(C(C)=O)CC1. The lowest BCUT2D eigenvalue weighted by Crippen LogP contribution is -2.51. The Morgan fingerprint density at radius 2 is 1.83 bits per heavy atom. The van der Waals surface area contributed by atoms with Crippen molar-refractivity contribution in [2.45, 2.75) is 6.92 Å². The smallest absolute Gasteiger partial charge is 0.322 e. The fraction of sp³-hybridized carbons (Fsp3) is 0.429. The van der Waals surface area contributed by atoms with Gasteiger partial charge in [-0.3, -0.25) is 14.9 Å². The number of amides is 3. The van der Waals surface area contributed by atoms with Gasteiger partial charge < -0.3 is 19.9 Å². The molecule has 0 spiro atoms. The highest BCUT2D eigenvalue weighted by molar-refractivity contribution is 5.91. The molecule has 9 nitrogen and oxygen atoms in total. The second kappa shape index (κ2) is 6.95. The van der Waals surface area contributed by atoms with Crippen LogP contribution in [0.3, 0.4) is 0 Å². The van der Waals surface area contributed by atoms with E-state index in [0.29, 0.717) is 31.9 Å². The molecule has 0 radical (unpaired) electrons. The lowest BCUT2D eigenvalue weighted by Gasteiger charge is -2.34. The van der Waals surface area contributed by atoms with Crippen molar-refractivity contribution in [1.29, 1.82) is 0 Å². The Kier molecular flexibility index (Phi) is 4.99. The third-order valence-electron chi connectivity index (χ3n) is 3.65. The zero-order valence-corrected chi connectivity index (χ0v) is 12.9. The minimum absolute atomic E-state index is 0.0228. The number of nitrogens with one attached hydrogen (secondary N) is 1. The molecular weight excluding hydrogens is 304 g/mol. The molecule has 0 aliphatic carbocycles. The first-order valence-corrected chi connectivity index (χ1v) is 7.06. The highest BCUT2D eigenvalue weighted by Crippen LogP contribution is 2.29. The van der Waals surface area contributed by atoms with Crippen LogP contribution in [0.1, 0.15) is 6.92 Å². The molecule has 1 aromatic carbocycles. The molecule has 1 fully saturated rings. The standard InChI is InChI=1S/C14H18N4O5/c1-10(19)16-5-7-17(8-6-16)14(20)15-12-9-11(18(21)22)3-4-13(12)23-2/h3-4,9H,5-8H2,1-2H3,(H,15,20). The van der Waals surface area contributed by atoms with Gasteiger partial charge in [-0.2, -0.15) is 0 Å². The Hall–Kier alpha value is -2.84. The number of anilines is 1. The Morgan fingerprint density at radius 3 is 2.35 bits per heavy atom. The summed E-state index contributed by atoms with van der Waals surface area (Å²) in [7, 11) is 1.42. The zero-order valence-electron chi connectivity index (χ0n) is 12.9. The average Bonchev–Trinajstić information content (AvgIpc) is 2.54. The second-order valence-electron chi connectivity index (χ2n) is 5.06. The van der Waals surface area contributed by atoms with E-state index in [2.05, 4.69) is 5.32 Å². The summed E-state index contributed by atoms with van der Waals surface area (Å²) in [6.07, 6.45) is 0. The maximum absolute atomic E-state index is 12.3. The van der Waals surface area contributed by atoms with E-state index in [0.717, 1.165) is 0 Å². The van der Waals surface area contributed by atoms with Gasteiger partial charge in [0, 0.05) is 45.2 Å². The largest absolute Gasteiger partial charge is 0.495 e. The number of carbonyl (C=O) groups is 2. The maximum Gasteiger partial charge on any atom is 0.322 e. The van der Waals surface area contributed by atoms with Crippen LogP contribution in [-0.2, 0) is 4.79 Å². The molecule has 124 valence electrons.